The van der Waals surface area contributed by atoms with Gasteiger partial charge in [0.25, 0.3) is 0 Å². The molecule has 0 bridgehead atoms. The molecule has 1 atom stereocenters. The molecule has 0 saturated heterocycles. The topological polar surface area (TPSA) is 20.2 Å². The predicted octanol–water partition coefficient (Wildman–Crippen LogP) is 4.64. The molecule has 1 unspecified atom stereocenters. The average molecular weight is 323 g/mol. The highest BCUT2D eigenvalue weighted by Crippen LogP contribution is 2.24. The van der Waals surface area contributed by atoms with Crippen LogP contribution < -0.4 is 0 Å². The smallest absolute Gasteiger partial charge is 0.137 e. The molecular formula is C16H16BrFO. The second-order valence-electron chi connectivity index (χ2n) is 4.57. The Morgan fingerprint density at radius 1 is 1.11 bits per heavy atom. The van der Waals surface area contributed by atoms with Crippen molar-refractivity contribution in [3.8, 4) is 0 Å². The van der Waals surface area contributed by atoms with E-state index >= 15 is 0 Å². The molecule has 0 fully saturated rings. The summed E-state index contributed by atoms with van der Waals surface area (Å²) in [5.41, 5.74) is 2.02. The standard InChI is InChI=1S/C16H16BrFO/c17-14-11-13(9-10-15(14)18)16(19)8-4-7-12-5-2-1-3-6-12/h1-3,5-6,9-11,16,19H,4,7-8H2. The first-order valence-corrected chi connectivity index (χ1v) is 7.13. The van der Waals surface area contributed by atoms with Gasteiger partial charge in [-0.25, -0.2) is 4.39 Å². The van der Waals surface area contributed by atoms with Crippen molar-refractivity contribution in [2.75, 3.05) is 0 Å². The Morgan fingerprint density at radius 3 is 2.53 bits per heavy atom. The van der Waals surface area contributed by atoms with E-state index in [9.17, 15) is 9.50 Å². The Bertz CT molecular complexity index is 528. The van der Waals surface area contributed by atoms with Crippen LogP contribution in [0.3, 0.4) is 0 Å². The minimum Gasteiger partial charge on any atom is -0.388 e. The van der Waals surface area contributed by atoms with Crippen molar-refractivity contribution in [2.24, 2.45) is 0 Å². The summed E-state index contributed by atoms with van der Waals surface area (Å²) >= 11 is 3.13. The summed E-state index contributed by atoms with van der Waals surface area (Å²) in [7, 11) is 0. The molecule has 2 aromatic rings. The van der Waals surface area contributed by atoms with Gasteiger partial charge in [-0.15, -0.1) is 0 Å². The van der Waals surface area contributed by atoms with Crippen LogP contribution in [0.15, 0.2) is 53.0 Å². The molecule has 0 aliphatic rings. The monoisotopic (exact) mass is 322 g/mol. The van der Waals surface area contributed by atoms with Crippen LogP contribution in [0, 0.1) is 5.82 Å². The van der Waals surface area contributed by atoms with Crippen LogP contribution in [0.4, 0.5) is 4.39 Å². The average Bonchev–Trinajstić information content (AvgIpc) is 2.43. The first-order valence-electron chi connectivity index (χ1n) is 6.34. The maximum Gasteiger partial charge on any atom is 0.137 e. The number of benzene rings is 2. The molecule has 0 spiro atoms. The van der Waals surface area contributed by atoms with Crippen molar-refractivity contribution in [3.05, 3.63) is 69.9 Å². The van der Waals surface area contributed by atoms with Gasteiger partial charge in [-0.3, -0.25) is 0 Å². The van der Waals surface area contributed by atoms with Crippen molar-refractivity contribution in [2.45, 2.75) is 25.4 Å². The van der Waals surface area contributed by atoms with E-state index in [4.69, 9.17) is 0 Å². The number of rotatable bonds is 5. The van der Waals surface area contributed by atoms with Gasteiger partial charge < -0.3 is 5.11 Å². The minimum absolute atomic E-state index is 0.305. The van der Waals surface area contributed by atoms with Gasteiger partial charge in [-0.2, -0.15) is 0 Å². The maximum absolute atomic E-state index is 13.1. The molecule has 19 heavy (non-hydrogen) atoms. The summed E-state index contributed by atoms with van der Waals surface area (Å²) in [6.07, 6.45) is 1.98. The minimum atomic E-state index is -0.541. The molecule has 2 aromatic carbocycles. The highest BCUT2D eigenvalue weighted by atomic mass is 79.9. The molecule has 3 heteroatoms. The number of aliphatic hydroxyl groups is 1. The highest BCUT2D eigenvalue weighted by molar-refractivity contribution is 9.10. The molecule has 2 rings (SSSR count). The van der Waals surface area contributed by atoms with Gasteiger partial charge in [0.1, 0.15) is 5.82 Å². The number of hydrogen-bond donors (Lipinski definition) is 1. The quantitative estimate of drug-likeness (QED) is 0.849. The lowest BCUT2D eigenvalue weighted by Crippen LogP contribution is -1.99. The normalized spacial score (nSPS) is 12.4. The number of aliphatic hydroxyl groups excluding tert-OH is 1. The summed E-state index contributed by atoms with van der Waals surface area (Å²) < 4.78 is 13.5. The van der Waals surface area contributed by atoms with Gasteiger partial charge in [-0.05, 0) is 58.5 Å². The molecule has 1 nitrogen and oxygen atoms in total. The third-order valence-electron chi connectivity index (χ3n) is 3.11. The van der Waals surface area contributed by atoms with E-state index in [0.717, 1.165) is 18.4 Å². The molecule has 0 aliphatic carbocycles. The van der Waals surface area contributed by atoms with E-state index < -0.39 is 6.10 Å². The molecule has 0 aromatic heterocycles. The summed E-state index contributed by atoms with van der Waals surface area (Å²) in [5.74, 6) is -0.305. The van der Waals surface area contributed by atoms with Crippen molar-refractivity contribution in [3.63, 3.8) is 0 Å². The lowest BCUT2D eigenvalue weighted by Gasteiger charge is -2.11. The van der Waals surface area contributed by atoms with Crippen LogP contribution in [0.2, 0.25) is 0 Å². The van der Waals surface area contributed by atoms with Gasteiger partial charge in [0, 0.05) is 0 Å². The Hall–Kier alpha value is -1.19. The molecule has 100 valence electrons. The third kappa shape index (κ3) is 4.15. The van der Waals surface area contributed by atoms with Crippen molar-refractivity contribution >= 4 is 15.9 Å². The van der Waals surface area contributed by atoms with Crippen LogP contribution in [-0.2, 0) is 6.42 Å². The second kappa shape index (κ2) is 6.83. The number of aryl methyl sites for hydroxylation is 1. The summed E-state index contributed by atoms with van der Waals surface area (Å²) in [6, 6.07) is 14.8. The zero-order chi connectivity index (χ0) is 13.7. The fraction of sp³-hybridized carbons (Fsp3) is 0.250. The number of halogens is 2. The van der Waals surface area contributed by atoms with Gasteiger partial charge in [0.15, 0.2) is 0 Å². The zero-order valence-electron chi connectivity index (χ0n) is 10.5. The fourth-order valence-electron chi connectivity index (χ4n) is 2.03. The first-order chi connectivity index (χ1) is 9.16. The molecule has 1 N–H and O–H groups in total. The Morgan fingerprint density at radius 2 is 1.84 bits per heavy atom. The molecule has 0 heterocycles. The SMILES string of the molecule is OC(CCCc1ccccc1)c1ccc(F)c(Br)c1. The van der Waals surface area contributed by atoms with Gasteiger partial charge in [0.2, 0.25) is 0 Å². The fourth-order valence-corrected chi connectivity index (χ4v) is 2.43. The largest absolute Gasteiger partial charge is 0.388 e. The van der Waals surface area contributed by atoms with Crippen LogP contribution in [0.1, 0.15) is 30.1 Å². The summed E-state index contributed by atoms with van der Waals surface area (Å²) in [6.45, 7) is 0. The van der Waals surface area contributed by atoms with Crippen LogP contribution in [0.5, 0.6) is 0 Å². The van der Waals surface area contributed by atoms with E-state index in [0.29, 0.717) is 10.9 Å². The molecule has 0 aliphatic heterocycles. The van der Waals surface area contributed by atoms with Crippen molar-refractivity contribution in [1.29, 1.82) is 0 Å². The Kier molecular flexibility index (Phi) is 5.11. The lowest BCUT2D eigenvalue weighted by molar-refractivity contribution is 0.164. The van der Waals surface area contributed by atoms with Crippen molar-refractivity contribution < 1.29 is 9.50 Å². The number of hydrogen-bond acceptors (Lipinski definition) is 1. The van der Waals surface area contributed by atoms with Gasteiger partial charge in [-0.1, -0.05) is 36.4 Å². The lowest BCUT2D eigenvalue weighted by atomic mass is 10.0. The maximum atomic E-state index is 13.1. The van der Waals surface area contributed by atoms with E-state index in [1.165, 1.54) is 11.6 Å². The molecule has 0 radical (unpaired) electrons. The van der Waals surface area contributed by atoms with E-state index in [1.54, 1.807) is 12.1 Å². The van der Waals surface area contributed by atoms with Crippen LogP contribution in [0.25, 0.3) is 0 Å². The van der Waals surface area contributed by atoms with Gasteiger partial charge >= 0.3 is 0 Å². The molecular weight excluding hydrogens is 307 g/mol. The van der Waals surface area contributed by atoms with Crippen LogP contribution in [-0.4, -0.2) is 5.11 Å². The Balaban J connectivity index is 1.87. The Labute approximate surface area is 121 Å². The van der Waals surface area contributed by atoms with E-state index in [2.05, 4.69) is 28.1 Å². The van der Waals surface area contributed by atoms with Gasteiger partial charge in [0.05, 0.1) is 10.6 Å². The highest BCUT2D eigenvalue weighted by Gasteiger charge is 2.09. The third-order valence-corrected chi connectivity index (χ3v) is 3.72. The summed E-state index contributed by atoms with van der Waals surface area (Å²) in [4.78, 5) is 0. The molecule has 0 amide bonds. The van der Waals surface area contributed by atoms with E-state index in [1.807, 2.05) is 18.2 Å². The summed E-state index contributed by atoms with van der Waals surface area (Å²) in [5, 5.41) is 10.1. The second-order valence-corrected chi connectivity index (χ2v) is 5.42. The van der Waals surface area contributed by atoms with Crippen molar-refractivity contribution in [1.82, 2.24) is 0 Å². The predicted molar refractivity (Wildman–Crippen MR) is 78.4 cm³/mol. The first kappa shape index (κ1) is 14.2. The van der Waals surface area contributed by atoms with E-state index in [-0.39, 0.29) is 5.82 Å². The zero-order valence-corrected chi connectivity index (χ0v) is 12.1. The van der Waals surface area contributed by atoms with Crippen LogP contribution >= 0.6 is 15.9 Å². The molecule has 0 saturated carbocycles.